The monoisotopic (exact) mass is 277 g/mol. The Morgan fingerprint density at radius 1 is 1.05 bits per heavy atom. The minimum atomic E-state index is 0.0781. The second-order valence-corrected chi connectivity index (χ2v) is 5.58. The molecule has 0 radical (unpaired) electrons. The highest BCUT2D eigenvalue weighted by molar-refractivity contribution is 6.07. The Balaban J connectivity index is 1.80. The van der Waals surface area contributed by atoms with Gasteiger partial charge in [0.05, 0.1) is 0 Å². The maximum Gasteiger partial charge on any atom is 0.186 e. The predicted molar refractivity (Wildman–Crippen MR) is 87.3 cm³/mol. The molecule has 0 atom stereocenters. The maximum absolute atomic E-state index is 12.4. The molecule has 0 heterocycles. The van der Waals surface area contributed by atoms with Crippen molar-refractivity contribution in [3.63, 3.8) is 0 Å². The maximum atomic E-state index is 12.4. The number of carbonyl (C=O) groups is 1. The van der Waals surface area contributed by atoms with Gasteiger partial charge < -0.3 is 5.73 Å². The fraction of sp³-hybridized carbons (Fsp3) is 0.211. The molecule has 2 heteroatoms. The predicted octanol–water partition coefficient (Wildman–Crippen LogP) is 4.43. The zero-order chi connectivity index (χ0) is 14.7. The Hall–Kier alpha value is -2.35. The molecule has 1 saturated carbocycles. The lowest BCUT2D eigenvalue weighted by Gasteiger charge is -2.27. The van der Waals surface area contributed by atoms with Crippen LogP contribution in [0.15, 0.2) is 54.6 Å². The number of allylic oxidation sites excluding steroid dienone is 1. The Labute approximate surface area is 125 Å². The summed E-state index contributed by atoms with van der Waals surface area (Å²) in [6.07, 6.45) is 7.18. The summed E-state index contributed by atoms with van der Waals surface area (Å²) in [7, 11) is 0. The molecule has 1 aliphatic carbocycles. The SMILES string of the molecule is Nc1ccc(/C=C/C(=O)c2ccccc2C2CCC2)cc1. The smallest absolute Gasteiger partial charge is 0.186 e. The molecule has 0 aliphatic heterocycles. The number of benzene rings is 2. The molecule has 106 valence electrons. The van der Waals surface area contributed by atoms with Crippen LogP contribution < -0.4 is 5.73 Å². The quantitative estimate of drug-likeness (QED) is 0.510. The van der Waals surface area contributed by atoms with Gasteiger partial charge in [-0.1, -0.05) is 48.9 Å². The molecule has 3 rings (SSSR count). The van der Waals surface area contributed by atoms with E-state index in [4.69, 9.17) is 5.73 Å². The van der Waals surface area contributed by atoms with Crippen LogP contribution in [-0.2, 0) is 0 Å². The van der Waals surface area contributed by atoms with Gasteiger partial charge in [-0.15, -0.1) is 0 Å². The van der Waals surface area contributed by atoms with E-state index in [-0.39, 0.29) is 5.78 Å². The van der Waals surface area contributed by atoms with Gasteiger partial charge in [-0.3, -0.25) is 4.79 Å². The minimum Gasteiger partial charge on any atom is -0.399 e. The van der Waals surface area contributed by atoms with E-state index in [9.17, 15) is 4.79 Å². The van der Waals surface area contributed by atoms with Crippen LogP contribution in [0, 0.1) is 0 Å². The molecule has 21 heavy (non-hydrogen) atoms. The highest BCUT2D eigenvalue weighted by Crippen LogP contribution is 2.38. The third-order valence-corrected chi connectivity index (χ3v) is 4.13. The van der Waals surface area contributed by atoms with Crippen LogP contribution in [0.1, 0.15) is 46.7 Å². The molecule has 0 unspecified atom stereocenters. The first-order valence-corrected chi connectivity index (χ1v) is 7.41. The average molecular weight is 277 g/mol. The lowest BCUT2D eigenvalue weighted by Crippen LogP contribution is -2.13. The molecule has 0 bridgehead atoms. The van der Waals surface area contributed by atoms with E-state index in [2.05, 4.69) is 6.07 Å². The van der Waals surface area contributed by atoms with Crippen LogP contribution in [-0.4, -0.2) is 5.78 Å². The largest absolute Gasteiger partial charge is 0.399 e. The zero-order valence-corrected chi connectivity index (χ0v) is 12.0. The molecular formula is C19H19NO. The molecule has 0 spiro atoms. The van der Waals surface area contributed by atoms with Crippen molar-refractivity contribution in [2.24, 2.45) is 0 Å². The molecule has 1 aliphatic rings. The third kappa shape index (κ3) is 3.05. The summed E-state index contributed by atoms with van der Waals surface area (Å²) >= 11 is 0. The van der Waals surface area contributed by atoms with Crippen molar-refractivity contribution in [2.75, 3.05) is 5.73 Å². The fourth-order valence-electron chi connectivity index (χ4n) is 2.67. The van der Waals surface area contributed by atoms with E-state index in [0.717, 1.165) is 16.8 Å². The first-order chi connectivity index (χ1) is 10.2. The lowest BCUT2D eigenvalue weighted by molar-refractivity contribution is 0.104. The standard InChI is InChI=1S/C19H19NO/c20-16-11-8-14(9-12-16)10-13-19(21)18-7-2-1-6-17(18)15-4-3-5-15/h1-2,6-13,15H,3-5,20H2/b13-10+. The lowest BCUT2D eigenvalue weighted by atomic mass is 9.77. The van der Waals surface area contributed by atoms with Gasteiger partial charge in [-0.05, 0) is 48.1 Å². The van der Waals surface area contributed by atoms with Crippen molar-refractivity contribution in [1.82, 2.24) is 0 Å². The Kier molecular flexibility index (Phi) is 3.87. The first-order valence-electron chi connectivity index (χ1n) is 7.41. The number of carbonyl (C=O) groups excluding carboxylic acids is 1. The second-order valence-electron chi connectivity index (χ2n) is 5.58. The number of hydrogen-bond acceptors (Lipinski definition) is 2. The molecule has 2 nitrogen and oxygen atoms in total. The Morgan fingerprint density at radius 3 is 2.43 bits per heavy atom. The van der Waals surface area contributed by atoms with Crippen LogP contribution >= 0.6 is 0 Å². The molecule has 2 aromatic rings. The van der Waals surface area contributed by atoms with Crippen LogP contribution in [0.2, 0.25) is 0 Å². The van der Waals surface area contributed by atoms with E-state index in [1.165, 1.54) is 24.8 Å². The number of anilines is 1. The minimum absolute atomic E-state index is 0.0781. The summed E-state index contributed by atoms with van der Waals surface area (Å²) in [6, 6.07) is 15.5. The van der Waals surface area contributed by atoms with E-state index < -0.39 is 0 Å². The number of rotatable bonds is 4. The Morgan fingerprint density at radius 2 is 1.76 bits per heavy atom. The molecule has 1 fully saturated rings. The highest BCUT2D eigenvalue weighted by atomic mass is 16.1. The fourth-order valence-corrected chi connectivity index (χ4v) is 2.67. The van der Waals surface area contributed by atoms with Crippen LogP contribution in [0.4, 0.5) is 5.69 Å². The zero-order valence-electron chi connectivity index (χ0n) is 12.0. The normalized spacial score (nSPS) is 15.0. The van der Waals surface area contributed by atoms with Gasteiger partial charge in [-0.25, -0.2) is 0 Å². The van der Waals surface area contributed by atoms with E-state index in [1.54, 1.807) is 6.08 Å². The van der Waals surface area contributed by atoms with Crippen LogP contribution in [0.25, 0.3) is 6.08 Å². The van der Waals surface area contributed by atoms with Gasteiger partial charge in [0, 0.05) is 11.3 Å². The van der Waals surface area contributed by atoms with Crippen molar-refractivity contribution < 1.29 is 4.79 Å². The van der Waals surface area contributed by atoms with E-state index in [1.807, 2.05) is 48.5 Å². The summed E-state index contributed by atoms with van der Waals surface area (Å²) in [4.78, 5) is 12.4. The molecule has 0 amide bonds. The van der Waals surface area contributed by atoms with Crippen molar-refractivity contribution in [3.8, 4) is 0 Å². The van der Waals surface area contributed by atoms with Crippen molar-refractivity contribution >= 4 is 17.5 Å². The van der Waals surface area contributed by atoms with E-state index >= 15 is 0 Å². The third-order valence-electron chi connectivity index (χ3n) is 4.13. The number of hydrogen-bond donors (Lipinski definition) is 1. The second kappa shape index (κ2) is 5.96. The summed E-state index contributed by atoms with van der Waals surface area (Å²) in [5, 5.41) is 0. The number of nitrogens with two attached hydrogens (primary N) is 1. The summed E-state index contributed by atoms with van der Waals surface area (Å²) < 4.78 is 0. The Bertz CT molecular complexity index is 666. The highest BCUT2D eigenvalue weighted by Gasteiger charge is 2.23. The molecule has 2 aromatic carbocycles. The van der Waals surface area contributed by atoms with Gasteiger partial charge in [0.2, 0.25) is 0 Å². The molecule has 0 saturated heterocycles. The average Bonchev–Trinajstić information content (AvgIpc) is 2.45. The van der Waals surface area contributed by atoms with Crippen molar-refractivity contribution in [1.29, 1.82) is 0 Å². The number of nitrogen functional groups attached to an aromatic ring is 1. The molecule has 2 N–H and O–H groups in total. The van der Waals surface area contributed by atoms with Crippen molar-refractivity contribution in [2.45, 2.75) is 25.2 Å². The van der Waals surface area contributed by atoms with Gasteiger partial charge in [0.1, 0.15) is 0 Å². The topological polar surface area (TPSA) is 43.1 Å². The van der Waals surface area contributed by atoms with Crippen LogP contribution in [0.3, 0.4) is 0 Å². The van der Waals surface area contributed by atoms with Gasteiger partial charge >= 0.3 is 0 Å². The summed E-state index contributed by atoms with van der Waals surface area (Å²) in [5.74, 6) is 0.643. The first kappa shape index (κ1) is 13.6. The summed E-state index contributed by atoms with van der Waals surface area (Å²) in [6.45, 7) is 0. The van der Waals surface area contributed by atoms with Gasteiger partial charge in [-0.2, -0.15) is 0 Å². The number of ketones is 1. The van der Waals surface area contributed by atoms with Crippen molar-refractivity contribution in [3.05, 3.63) is 71.3 Å². The van der Waals surface area contributed by atoms with E-state index in [0.29, 0.717) is 5.92 Å². The molecular weight excluding hydrogens is 258 g/mol. The van der Waals surface area contributed by atoms with Crippen LogP contribution in [0.5, 0.6) is 0 Å². The van der Waals surface area contributed by atoms with Gasteiger partial charge in [0.25, 0.3) is 0 Å². The molecule has 0 aromatic heterocycles. The van der Waals surface area contributed by atoms with Gasteiger partial charge in [0.15, 0.2) is 5.78 Å². The summed E-state index contributed by atoms with van der Waals surface area (Å²) in [5.41, 5.74) is 9.42.